The third kappa shape index (κ3) is 3.85. The molecule has 3 aromatic rings. The van der Waals surface area contributed by atoms with Crippen LogP contribution in [0.15, 0.2) is 24.3 Å². The summed E-state index contributed by atoms with van der Waals surface area (Å²) < 4.78 is 69.5. The van der Waals surface area contributed by atoms with Gasteiger partial charge in [-0.05, 0) is 43.9 Å². The van der Waals surface area contributed by atoms with Gasteiger partial charge in [-0.2, -0.15) is 5.10 Å². The average Bonchev–Trinajstić information content (AvgIpc) is 3.53. The Morgan fingerprint density at radius 2 is 1.59 bits per heavy atom. The fraction of sp³-hybridized carbons (Fsp3) is 0.273. The van der Waals surface area contributed by atoms with Crippen LogP contribution in [-0.2, 0) is 11.3 Å². The third-order valence-electron chi connectivity index (χ3n) is 5.66. The van der Waals surface area contributed by atoms with Gasteiger partial charge in [0.15, 0.2) is 23.3 Å². The predicted octanol–water partition coefficient (Wildman–Crippen LogP) is 5.64. The lowest BCUT2D eigenvalue weighted by Crippen LogP contribution is -2.16. The minimum Gasteiger partial charge on any atom is -0.323 e. The number of nitrogens with one attached hydrogen (secondary N) is 1. The largest absolute Gasteiger partial charge is 0.323 e. The summed E-state index contributed by atoms with van der Waals surface area (Å²) in [6.07, 6.45) is 0.657. The molecule has 0 radical (unpaired) electrons. The number of halogens is 6. The van der Waals surface area contributed by atoms with Gasteiger partial charge in [0.1, 0.15) is 0 Å². The first kappa shape index (κ1) is 22.3. The minimum absolute atomic E-state index is 0.0521. The number of anilines is 1. The van der Waals surface area contributed by atoms with E-state index < -0.39 is 41.2 Å². The summed E-state index contributed by atoms with van der Waals surface area (Å²) in [4.78, 5) is 12.7. The summed E-state index contributed by atoms with van der Waals surface area (Å²) in [5.74, 6) is -10.5. The maximum atomic E-state index is 14.0. The Morgan fingerprint density at radius 1 is 1.03 bits per heavy atom. The van der Waals surface area contributed by atoms with E-state index in [1.165, 1.54) is 6.92 Å². The summed E-state index contributed by atoms with van der Waals surface area (Å²) >= 11 is 5.89. The number of carbonyl (C=O) groups excluding carboxylic acids is 1. The smallest absolute Gasteiger partial charge is 0.228 e. The zero-order valence-corrected chi connectivity index (χ0v) is 17.7. The van der Waals surface area contributed by atoms with E-state index in [0.717, 1.165) is 10.2 Å². The molecule has 0 bridgehead atoms. The maximum absolute atomic E-state index is 14.0. The van der Waals surface area contributed by atoms with Crippen LogP contribution in [-0.4, -0.2) is 15.7 Å². The molecule has 1 saturated carbocycles. The molecule has 4 nitrogen and oxygen atoms in total. The second kappa shape index (κ2) is 8.20. The number of carbonyl (C=O) groups is 1. The zero-order chi connectivity index (χ0) is 23.3. The van der Waals surface area contributed by atoms with Crippen molar-refractivity contribution in [2.24, 2.45) is 5.92 Å². The Hall–Kier alpha value is -2.94. The highest BCUT2D eigenvalue weighted by molar-refractivity contribution is 6.30. The molecule has 0 spiro atoms. The number of hydrogen-bond donors (Lipinski definition) is 1. The molecule has 4 rings (SSSR count). The van der Waals surface area contributed by atoms with E-state index in [-0.39, 0.29) is 17.7 Å². The molecule has 2 aromatic carbocycles. The first-order chi connectivity index (χ1) is 15.1. The molecule has 1 aromatic heterocycles. The lowest BCUT2D eigenvalue weighted by atomic mass is 10.1. The molecule has 10 heteroatoms. The van der Waals surface area contributed by atoms with Gasteiger partial charge in [-0.25, -0.2) is 22.0 Å². The van der Waals surface area contributed by atoms with Crippen molar-refractivity contribution in [3.05, 3.63) is 80.9 Å². The minimum atomic E-state index is -2.22. The number of aryl methyl sites for hydroxylation is 1. The monoisotopic (exact) mass is 469 g/mol. The van der Waals surface area contributed by atoms with Gasteiger partial charge in [0, 0.05) is 10.9 Å². The summed E-state index contributed by atoms with van der Waals surface area (Å²) in [7, 11) is 0. The van der Waals surface area contributed by atoms with Crippen LogP contribution in [0, 0.1) is 48.9 Å². The number of aromatic nitrogens is 2. The van der Waals surface area contributed by atoms with E-state index in [0.29, 0.717) is 28.5 Å². The van der Waals surface area contributed by atoms with Crippen LogP contribution in [0.25, 0.3) is 0 Å². The summed E-state index contributed by atoms with van der Waals surface area (Å²) in [5.41, 5.74) is 0.993. The Morgan fingerprint density at radius 3 is 2.19 bits per heavy atom. The zero-order valence-electron chi connectivity index (χ0n) is 16.9. The summed E-state index contributed by atoms with van der Waals surface area (Å²) in [6.45, 7) is 2.41. The quantitative estimate of drug-likeness (QED) is 0.299. The van der Waals surface area contributed by atoms with Crippen LogP contribution < -0.4 is 5.32 Å². The molecule has 32 heavy (non-hydrogen) atoms. The number of hydrogen-bond acceptors (Lipinski definition) is 2. The molecule has 1 aliphatic rings. The first-order valence-electron chi connectivity index (χ1n) is 9.70. The topological polar surface area (TPSA) is 46.9 Å². The van der Waals surface area contributed by atoms with E-state index in [1.54, 1.807) is 19.1 Å². The molecule has 1 amide bonds. The molecule has 1 aliphatic carbocycles. The number of benzene rings is 2. The normalized spacial score (nSPS) is 17.5. The molecule has 0 aliphatic heterocycles. The second-order valence-corrected chi connectivity index (χ2v) is 8.18. The molecule has 2 atom stereocenters. The average molecular weight is 470 g/mol. The van der Waals surface area contributed by atoms with Crippen molar-refractivity contribution in [1.29, 1.82) is 0 Å². The van der Waals surface area contributed by atoms with Crippen LogP contribution in [0.5, 0.6) is 0 Å². The van der Waals surface area contributed by atoms with Crippen LogP contribution in [0.4, 0.5) is 27.6 Å². The van der Waals surface area contributed by atoms with Gasteiger partial charge in [-0.3, -0.25) is 9.48 Å². The van der Waals surface area contributed by atoms with Crippen LogP contribution in [0.1, 0.15) is 34.9 Å². The Bertz CT molecular complexity index is 1200. The molecular formula is C22H17ClF5N3O. The van der Waals surface area contributed by atoms with E-state index in [9.17, 15) is 26.7 Å². The van der Waals surface area contributed by atoms with E-state index >= 15 is 0 Å². The van der Waals surface area contributed by atoms with Crippen molar-refractivity contribution < 1.29 is 26.7 Å². The number of amides is 1. The lowest BCUT2D eigenvalue weighted by Gasteiger charge is -2.10. The molecule has 1 heterocycles. The van der Waals surface area contributed by atoms with Crippen molar-refractivity contribution in [2.75, 3.05) is 5.32 Å². The Labute approximate surface area is 185 Å². The standard InChI is InChI=1S/C22H17ClF5N3O/c1-9-21(29-22(32)14-7-13(14)11-3-5-12(23)6-4-11)10(2)31(30-9)8-15-16(24)18(26)20(28)19(27)17(15)25/h3-6,13-14H,7-8H2,1-2H3,(H,29,32). The van der Waals surface area contributed by atoms with Gasteiger partial charge in [-0.1, -0.05) is 23.7 Å². The van der Waals surface area contributed by atoms with Gasteiger partial charge < -0.3 is 5.32 Å². The van der Waals surface area contributed by atoms with Crippen LogP contribution in [0.2, 0.25) is 5.02 Å². The summed E-state index contributed by atoms with van der Waals surface area (Å²) in [5, 5.41) is 7.48. The SMILES string of the molecule is Cc1nn(Cc2c(F)c(F)c(F)c(F)c2F)c(C)c1NC(=O)C1CC1c1ccc(Cl)cc1. The highest BCUT2D eigenvalue weighted by Crippen LogP contribution is 2.48. The third-order valence-corrected chi connectivity index (χ3v) is 5.92. The van der Waals surface area contributed by atoms with Crippen molar-refractivity contribution in [1.82, 2.24) is 9.78 Å². The molecule has 1 fully saturated rings. The Balaban J connectivity index is 1.53. The highest BCUT2D eigenvalue weighted by atomic mass is 35.5. The number of rotatable bonds is 5. The first-order valence-corrected chi connectivity index (χ1v) is 10.1. The molecule has 2 unspecified atom stereocenters. The number of nitrogens with zero attached hydrogens (tertiary/aromatic N) is 2. The lowest BCUT2D eigenvalue weighted by molar-refractivity contribution is -0.117. The van der Waals surface area contributed by atoms with E-state index in [4.69, 9.17) is 11.6 Å². The molecular weight excluding hydrogens is 453 g/mol. The van der Waals surface area contributed by atoms with E-state index in [2.05, 4.69) is 10.4 Å². The van der Waals surface area contributed by atoms with Gasteiger partial charge >= 0.3 is 0 Å². The van der Waals surface area contributed by atoms with Crippen molar-refractivity contribution in [3.8, 4) is 0 Å². The van der Waals surface area contributed by atoms with Crippen molar-refractivity contribution >= 4 is 23.2 Å². The van der Waals surface area contributed by atoms with Crippen LogP contribution in [0.3, 0.4) is 0 Å². The molecule has 0 saturated heterocycles. The van der Waals surface area contributed by atoms with Crippen molar-refractivity contribution in [3.63, 3.8) is 0 Å². The van der Waals surface area contributed by atoms with Gasteiger partial charge in [0.2, 0.25) is 11.7 Å². The van der Waals surface area contributed by atoms with Gasteiger partial charge in [-0.15, -0.1) is 0 Å². The maximum Gasteiger partial charge on any atom is 0.228 e. The predicted molar refractivity (Wildman–Crippen MR) is 108 cm³/mol. The Kier molecular flexibility index (Phi) is 5.70. The van der Waals surface area contributed by atoms with Gasteiger partial charge in [0.05, 0.1) is 29.2 Å². The fourth-order valence-electron chi connectivity index (χ4n) is 3.75. The van der Waals surface area contributed by atoms with Crippen LogP contribution >= 0.6 is 11.6 Å². The van der Waals surface area contributed by atoms with Crippen molar-refractivity contribution in [2.45, 2.75) is 32.7 Å². The second-order valence-electron chi connectivity index (χ2n) is 7.74. The highest BCUT2D eigenvalue weighted by Gasteiger charge is 2.44. The molecule has 1 N–H and O–H groups in total. The molecule has 168 valence electrons. The fourth-order valence-corrected chi connectivity index (χ4v) is 3.88. The van der Waals surface area contributed by atoms with E-state index in [1.807, 2.05) is 12.1 Å². The summed E-state index contributed by atoms with van der Waals surface area (Å²) in [6, 6.07) is 7.22. The van der Waals surface area contributed by atoms with Gasteiger partial charge in [0.25, 0.3) is 0 Å².